The van der Waals surface area contributed by atoms with Crippen LogP contribution in [0.3, 0.4) is 0 Å². The van der Waals surface area contributed by atoms with Gasteiger partial charge < -0.3 is 15.9 Å². The molecule has 0 unspecified atom stereocenters. The van der Waals surface area contributed by atoms with Crippen LogP contribution in [0, 0.1) is 33.5 Å². The Balaban J connectivity index is 3.55. The highest BCUT2D eigenvalue weighted by molar-refractivity contribution is 9.11. The topological polar surface area (TPSA) is 124 Å². The molecule has 0 fully saturated rings. The predicted molar refractivity (Wildman–Crippen MR) is 79.4 cm³/mol. The Morgan fingerprint density at radius 3 is 2.43 bits per heavy atom. The van der Waals surface area contributed by atoms with Crippen LogP contribution in [-0.4, -0.2) is 17.8 Å². The monoisotopic (exact) mass is 353 g/mol. The lowest BCUT2D eigenvalue weighted by molar-refractivity contribution is -0.138. The van der Waals surface area contributed by atoms with E-state index in [1.807, 2.05) is 12.1 Å². The fourth-order valence-corrected chi connectivity index (χ4v) is 2.79. The maximum Gasteiger partial charge on any atom is 0.244 e. The molecule has 0 aromatic carbocycles. The number of carbonyl (C=O) groups is 1. The summed E-state index contributed by atoms with van der Waals surface area (Å²) in [4.78, 5) is 17.4. The van der Waals surface area contributed by atoms with Crippen LogP contribution in [0.2, 0.25) is 0 Å². The van der Waals surface area contributed by atoms with Crippen LogP contribution in [0.25, 0.3) is 0 Å². The molecule has 21 heavy (non-hydrogen) atoms. The largest absolute Gasteiger partial charge is 0.370 e. The third-order valence-corrected chi connectivity index (χ3v) is 4.09. The first kappa shape index (κ1) is 17.0. The van der Waals surface area contributed by atoms with Crippen LogP contribution >= 0.6 is 15.9 Å². The molecule has 3 N–H and O–H groups in total. The second-order valence-electron chi connectivity index (χ2n) is 5.42. The van der Waals surface area contributed by atoms with Gasteiger partial charge in [0.1, 0.15) is 0 Å². The third kappa shape index (κ3) is 2.47. The van der Waals surface area contributed by atoms with E-state index in [1.54, 1.807) is 27.7 Å². The van der Waals surface area contributed by atoms with Crippen LogP contribution in [-0.2, 0) is 9.63 Å². The van der Waals surface area contributed by atoms with Gasteiger partial charge in [-0.25, -0.2) is 0 Å². The summed E-state index contributed by atoms with van der Waals surface area (Å²) in [6, 6.07) is 3.78. The van der Waals surface area contributed by atoms with Gasteiger partial charge in [0.2, 0.25) is 12.1 Å². The van der Waals surface area contributed by atoms with Gasteiger partial charge in [0, 0.05) is 0 Å². The van der Waals surface area contributed by atoms with Crippen LogP contribution in [0.5, 0.6) is 0 Å². The van der Waals surface area contributed by atoms with Crippen LogP contribution in [0.4, 0.5) is 0 Å². The summed E-state index contributed by atoms with van der Waals surface area (Å²) in [5.74, 6) is -0.907. The molecule has 112 valence electrons. The molecule has 1 heterocycles. The van der Waals surface area contributed by atoms with Crippen molar-refractivity contribution in [3.05, 3.63) is 10.2 Å². The van der Waals surface area contributed by atoms with Crippen molar-refractivity contribution in [2.24, 2.45) is 21.7 Å². The number of hydrogen-bond acceptors (Lipinski definition) is 6. The smallest absolute Gasteiger partial charge is 0.244 e. The number of nitrogens with two attached hydrogens (primary N) is 1. The standard InChI is InChI=1S/C13H16BrN5O2/c1-7(2)19-21-11-12(3,4)13(6-16,10(17)20)8(5-15)9(14)18-11/h11,18H,1-4H3,(H2,17,20)/t11-,13+/m0/s1. The maximum absolute atomic E-state index is 12.0. The molecule has 1 aliphatic rings. The van der Waals surface area contributed by atoms with E-state index in [4.69, 9.17) is 10.6 Å². The quantitative estimate of drug-likeness (QED) is 0.451. The first-order valence-electron chi connectivity index (χ1n) is 6.10. The molecule has 0 aromatic rings. The van der Waals surface area contributed by atoms with Gasteiger partial charge in [0.25, 0.3) is 0 Å². The molecular weight excluding hydrogens is 338 g/mol. The van der Waals surface area contributed by atoms with E-state index < -0.39 is 23.0 Å². The lowest BCUT2D eigenvalue weighted by Gasteiger charge is -2.46. The molecule has 0 radical (unpaired) electrons. The van der Waals surface area contributed by atoms with Crippen molar-refractivity contribution in [3.63, 3.8) is 0 Å². The fraction of sp³-hybridized carbons (Fsp3) is 0.538. The van der Waals surface area contributed by atoms with Gasteiger partial charge in [0.05, 0.1) is 33.4 Å². The Hall–Kier alpha value is -2.06. The Bertz CT molecular complexity index is 607. The molecule has 1 aliphatic heterocycles. The van der Waals surface area contributed by atoms with Gasteiger partial charge in [-0.05, 0) is 29.8 Å². The van der Waals surface area contributed by atoms with E-state index in [0.29, 0.717) is 5.71 Å². The molecule has 0 saturated heterocycles. The summed E-state index contributed by atoms with van der Waals surface area (Å²) in [5, 5.41) is 25.6. The fourth-order valence-electron chi connectivity index (χ4n) is 2.20. The minimum atomic E-state index is -1.83. The highest BCUT2D eigenvalue weighted by Gasteiger charge is 2.62. The molecule has 1 rings (SSSR count). The summed E-state index contributed by atoms with van der Waals surface area (Å²) in [6.07, 6.45) is -0.814. The average molecular weight is 354 g/mol. The van der Waals surface area contributed by atoms with Crippen LogP contribution < -0.4 is 11.1 Å². The number of primary amides is 1. The summed E-state index contributed by atoms with van der Waals surface area (Å²) < 4.78 is 0.193. The molecule has 0 bridgehead atoms. The first-order chi connectivity index (χ1) is 9.65. The summed E-state index contributed by atoms with van der Waals surface area (Å²) in [6.45, 7) is 6.73. The zero-order chi connectivity index (χ0) is 16.4. The van der Waals surface area contributed by atoms with E-state index in [1.165, 1.54) is 0 Å². The molecule has 8 heteroatoms. The number of halogens is 1. The molecule has 0 aromatic heterocycles. The second kappa shape index (κ2) is 5.74. The van der Waals surface area contributed by atoms with Crippen molar-refractivity contribution >= 4 is 27.5 Å². The number of nitrogens with one attached hydrogen (secondary N) is 1. The maximum atomic E-state index is 12.0. The van der Waals surface area contributed by atoms with Gasteiger partial charge in [0.15, 0.2) is 5.41 Å². The lowest BCUT2D eigenvalue weighted by Crippen LogP contribution is -2.61. The highest BCUT2D eigenvalue weighted by atomic mass is 79.9. The van der Waals surface area contributed by atoms with Crippen molar-refractivity contribution in [1.82, 2.24) is 5.32 Å². The van der Waals surface area contributed by atoms with Gasteiger partial charge in [-0.3, -0.25) is 4.79 Å². The van der Waals surface area contributed by atoms with Gasteiger partial charge >= 0.3 is 0 Å². The van der Waals surface area contributed by atoms with Crippen molar-refractivity contribution < 1.29 is 9.63 Å². The molecule has 7 nitrogen and oxygen atoms in total. The molecule has 0 spiro atoms. The SMILES string of the molecule is CC(C)=NO[C@@H]1NC(Br)=C(C#N)[C@](C#N)(C(N)=O)C1(C)C. The van der Waals surface area contributed by atoms with Gasteiger partial charge in [-0.15, -0.1) is 0 Å². The Labute approximate surface area is 131 Å². The lowest BCUT2D eigenvalue weighted by atomic mass is 9.59. The van der Waals surface area contributed by atoms with E-state index in [0.717, 1.165) is 0 Å². The Morgan fingerprint density at radius 2 is 2.05 bits per heavy atom. The van der Waals surface area contributed by atoms with Crippen molar-refractivity contribution in [3.8, 4) is 12.1 Å². The number of amides is 1. The summed E-state index contributed by atoms with van der Waals surface area (Å²) in [5.41, 5.74) is 3.10. The number of rotatable bonds is 3. The molecule has 0 aliphatic carbocycles. The Kier molecular flexibility index (Phi) is 4.65. The van der Waals surface area contributed by atoms with Crippen LogP contribution in [0.1, 0.15) is 27.7 Å². The summed E-state index contributed by atoms with van der Waals surface area (Å²) >= 11 is 3.16. The van der Waals surface area contributed by atoms with Gasteiger partial charge in [-0.2, -0.15) is 10.5 Å². The number of nitriles is 2. The molecule has 2 atom stereocenters. The minimum absolute atomic E-state index is 0.0699. The zero-order valence-corrected chi connectivity index (χ0v) is 13.8. The zero-order valence-electron chi connectivity index (χ0n) is 12.2. The number of carbonyl (C=O) groups excluding carboxylic acids is 1. The van der Waals surface area contributed by atoms with Gasteiger partial charge in [-0.1, -0.05) is 19.0 Å². The average Bonchev–Trinajstić information content (AvgIpc) is 2.37. The van der Waals surface area contributed by atoms with E-state index >= 15 is 0 Å². The summed E-state index contributed by atoms with van der Waals surface area (Å²) in [7, 11) is 0. The molecular formula is C13H16BrN5O2. The highest BCUT2D eigenvalue weighted by Crippen LogP contribution is 2.51. The van der Waals surface area contributed by atoms with E-state index in [-0.39, 0.29) is 10.2 Å². The number of oxime groups is 1. The molecule has 0 saturated carbocycles. The van der Waals surface area contributed by atoms with E-state index in [9.17, 15) is 15.3 Å². The normalized spacial score (nSPS) is 26.9. The molecule has 1 amide bonds. The third-order valence-electron chi connectivity index (χ3n) is 3.46. The minimum Gasteiger partial charge on any atom is -0.370 e. The predicted octanol–water partition coefficient (Wildman–Crippen LogP) is 1.48. The number of nitrogens with zero attached hydrogens (tertiary/aromatic N) is 3. The van der Waals surface area contributed by atoms with Crippen molar-refractivity contribution in [1.29, 1.82) is 10.5 Å². The Morgan fingerprint density at radius 1 is 1.48 bits per heavy atom. The number of hydrogen-bond donors (Lipinski definition) is 2. The van der Waals surface area contributed by atoms with Crippen molar-refractivity contribution in [2.75, 3.05) is 0 Å². The van der Waals surface area contributed by atoms with Crippen molar-refractivity contribution in [2.45, 2.75) is 33.9 Å². The second-order valence-corrected chi connectivity index (χ2v) is 6.21. The van der Waals surface area contributed by atoms with E-state index in [2.05, 4.69) is 26.4 Å². The first-order valence-corrected chi connectivity index (χ1v) is 6.89. The van der Waals surface area contributed by atoms with Crippen LogP contribution in [0.15, 0.2) is 15.3 Å².